The molecule has 3 aromatic heterocycles. The molecule has 1 aromatic carbocycles. The number of fused-ring (bicyclic) bond motifs is 1. The number of benzene rings is 1. The first-order valence-corrected chi connectivity index (χ1v) is 11.8. The number of pyridine rings is 1. The summed E-state index contributed by atoms with van der Waals surface area (Å²) in [6.45, 7) is 3.65. The number of aromatic nitrogens is 4. The Morgan fingerprint density at radius 1 is 1.11 bits per heavy atom. The molecule has 0 aliphatic carbocycles. The molecule has 1 saturated heterocycles. The molecule has 1 N–H and O–H groups in total. The minimum Gasteiger partial charge on any atom is -0.392 e. The van der Waals surface area contributed by atoms with Crippen LogP contribution in [0, 0.1) is 18.3 Å². The average Bonchev–Trinajstić information content (AvgIpc) is 3.38. The van der Waals surface area contributed by atoms with Gasteiger partial charge in [-0.2, -0.15) is 5.26 Å². The number of anilines is 1. The van der Waals surface area contributed by atoms with E-state index in [1.807, 2.05) is 56.0 Å². The number of aliphatic hydroxyl groups excluding tert-OH is 1. The zero-order valence-corrected chi connectivity index (χ0v) is 20.3. The fourth-order valence-corrected chi connectivity index (χ4v) is 4.84. The van der Waals surface area contributed by atoms with Crippen molar-refractivity contribution >= 4 is 11.3 Å². The summed E-state index contributed by atoms with van der Waals surface area (Å²) in [5, 5.41) is 19.1. The van der Waals surface area contributed by atoms with Crippen LogP contribution in [0.2, 0.25) is 0 Å². The first kappa shape index (κ1) is 23.0. The van der Waals surface area contributed by atoms with E-state index in [1.165, 1.54) is 0 Å². The third-order valence-corrected chi connectivity index (χ3v) is 6.97. The quantitative estimate of drug-likeness (QED) is 0.479. The number of aliphatic hydroxyl groups is 1. The SMILES string of the molecule is Cc1ncc(-c2c(-c3ccc(C#N)cc3)nc(N3CCC(N(C)C)CC3)c3cncn23)cc1CO. The van der Waals surface area contributed by atoms with Gasteiger partial charge in [-0.15, -0.1) is 0 Å². The van der Waals surface area contributed by atoms with Crippen molar-refractivity contribution in [2.75, 3.05) is 32.1 Å². The van der Waals surface area contributed by atoms with Gasteiger partial charge in [0.15, 0.2) is 5.82 Å². The van der Waals surface area contributed by atoms with E-state index in [0.717, 1.165) is 71.0 Å². The lowest BCUT2D eigenvalue weighted by molar-refractivity contribution is 0.249. The Labute approximate surface area is 205 Å². The summed E-state index contributed by atoms with van der Waals surface area (Å²) in [5.41, 5.74) is 6.52. The van der Waals surface area contributed by atoms with Gasteiger partial charge in [0.1, 0.15) is 5.52 Å². The largest absolute Gasteiger partial charge is 0.392 e. The number of hydrogen-bond acceptors (Lipinski definition) is 7. The second kappa shape index (κ2) is 9.45. The van der Waals surface area contributed by atoms with Crippen LogP contribution in [-0.4, -0.2) is 62.6 Å². The van der Waals surface area contributed by atoms with Gasteiger partial charge in [-0.05, 0) is 57.6 Å². The van der Waals surface area contributed by atoms with Crippen LogP contribution in [0.1, 0.15) is 29.7 Å². The predicted molar refractivity (Wildman–Crippen MR) is 136 cm³/mol. The van der Waals surface area contributed by atoms with Crippen LogP contribution in [0.5, 0.6) is 0 Å². The third kappa shape index (κ3) is 4.25. The summed E-state index contributed by atoms with van der Waals surface area (Å²) in [6.07, 6.45) is 7.64. The zero-order chi connectivity index (χ0) is 24.5. The summed E-state index contributed by atoms with van der Waals surface area (Å²) < 4.78 is 2.07. The second-order valence-corrected chi connectivity index (χ2v) is 9.28. The summed E-state index contributed by atoms with van der Waals surface area (Å²) in [6, 6.07) is 12.2. The van der Waals surface area contributed by atoms with Crippen LogP contribution in [0.25, 0.3) is 28.0 Å². The fourth-order valence-electron chi connectivity index (χ4n) is 4.84. The molecule has 0 saturated carbocycles. The first-order valence-electron chi connectivity index (χ1n) is 11.8. The topological polar surface area (TPSA) is 93.6 Å². The molecular formula is C27H29N7O. The molecule has 0 unspecified atom stereocenters. The van der Waals surface area contributed by atoms with E-state index in [-0.39, 0.29) is 6.61 Å². The highest BCUT2D eigenvalue weighted by Crippen LogP contribution is 2.36. The molecule has 8 heteroatoms. The number of imidazole rings is 1. The molecule has 1 fully saturated rings. The zero-order valence-electron chi connectivity index (χ0n) is 20.3. The molecule has 0 atom stereocenters. The molecule has 8 nitrogen and oxygen atoms in total. The van der Waals surface area contributed by atoms with Crippen LogP contribution in [0.4, 0.5) is 5.82 Å². The molecular weight excluding hydrogens is 438 g/mol. The lowest BCUT2D eigenvalue weighted by Gasteiger charge is -2.36. The van der Waals surface area contributed by atoms with Gasteiger partial charge in [0, 0.05) is 42.1 Å². The Morgan fingerprint density at radius 3 is 2.51 bits per heavy atom. The summed E-state index contributed by atoms with van der Waals surface area (Å²) in [4.78, 5) is 18.9. The highest BCUT2D eigenvalue weighted by Gasteiger charge is 2.26. The van der Waals surface area contributed by atoms with Crippen LogP contribution in [-0.2, 0) is 6.61 Å². The number of nitriles is 1. The molecule has 4 aromatic rings. The average molecular weight is 468 g/mol. The van der Waals surface area contributed by atoms with Crippen molar-refractivity contribution in [1.82, 2.24) is 24.3 Å². The summed E-state index contributed by atoms with van der Waals surface area (Å²) >= 11 is 0. The molecule has 0 radical (unpaired) electrons. The normalized spacial score (nSPS) is 14.6. The van der Waals surface area contributed by atoms with Gasteiger partial charge in [0.25, 0.3) is 0 Å². The van der Waals surface area contributed by atoms with Gasteiger partial charge >= 0.3 is 0 Å². The minimum absolute atomic E-state index is 0.0850. The molecule has 5 rings (SSSR count). The van der Waals surface area contributed by atoms with Crippen molar-refractivity contribution in [3.8, 4) is 28.6 Å². The van der Waals surface area contributed by atoms with Crippen molar-refractivity contribution in [3.05, 3.63) is 65.9 Å². The highest BCUT2D eigenvalue weighted by atomic mass is 16.3. The Hall–Kier alpha value is -3.80. The van der Waals surface area contributed by atoms with Gasteiger partial charge in [-0.3, -0.25) is 9.38 Å². The van der Waals surface area contributed by atoms with E-state index in [9.17, 15) is 10.4 Å². The Kier molecular flexibility index (Phi) is 6.20. The predicted octanol–water partition coefficient (Wildman–Crippen LogP) is 3.66. The van der Waals surface area contributed by atoms with Crippen molar-refractivity contribution in [3.63, 3.8) is 0 Å². The van der Waals surface area contributed by atoms with Crippen molar-refractivity contribution < 1.29 is 5.11 Å². The van der Waals surface area contributed by atoms with Gasteiger partial charge in [-0.1, -0.05) is 12.1 Å². The smallest absolute Gasteiger partial charge is 0.155 e. The number of rotatable bonds is 5. The molecule has 178 valence electrons. The van der Waals surface area contributed by atoms with Crippen molar-refractivity contribution in [2.24, 2.45) is 0 Å². The van der Waals surface area contributed by atoms with Gasteiger partial charge in [0.2, 0.25) is 0 Å². The molecule has 0 amide bonds. The lowest BCUT2D eigenvalue weighted by Crippen LogP contribution is -2.42. The van der Waals surface area contributed by atoms with Crippen LogP contribution >= 0.6 is 0 Å². The summed E-state index contributed by atoms with van der Waals surface area (Å²) in [7, 11) is 4.28. The number of piperidine rings is 1. The monoisotopic (exact) mass is 467 g/mol. The molecule has 1 aliphatic rings. The third-order valence-electron chi connectivity index (χ3n) is 6.97. The van der Waals surface area contributed by atoms with Gasteiger partial charge < -0.3 is 14.9 Å². The lowest BCUT2D eigenvalue weighted by atomic mass is 10.0. The van der Waals surface area contributed by atoms with E-state index in [0.29, 0.717) is 11.6 Å². The Bertz CT molecular complexity index is 1390. The van der Waals surface area contributed by atoms with Gasteiger partial charge in [0.05, 0.1) is 42.2 Å². The van der Waals surface area contributed by atoms with E-state index in [2.05, 4.69) is 44.3 Å². The maximum absolute atomic E-state index is 9.87. The van der Waals surface area contributed by atoms with Crippen molar-refractivity contribution in [2.45, 2.75) is 32.4 Å². The Balaban J connectivity index is 1.71. The molecule has 0 spiro atoms. The van der Waals surface area contributed by atoms with E-state index >= 15 is 0 Å². The highest BCUT2D eigenvalue weighted by molar-refractivity contribution is 5.85. The minimum atomic E-state index is -0.0850. The summed E-state index contributed by atoms with van der Waals surface area (Å²) in [5.74, 6) is 0.908. The maximum atomic E-state index is 9.87. The number of hydrogen-bond donors (Lipinski definition) is 1. The van der Waals surface area contributed by atoms with E-state index < -0.39 is 0 Å². The standard InChI is InChI=1S/C27H29N7O/c1-18-22(16-35)12-21(14-30-18)26-25(20-6-4-19(13-28)5-7-20)31-27(24-15-29-17-34(24)26)33-10-8-23(9-11-33)32(2)3/h4-7,12,14-15,17,23,35H,8-11,16H2,1-3H3. The van der Waals surface area contributed by atoms with Gasteiger partial charge in [-0.25, -0.2) is 9.97 Å². The fraction of sp³-hybridized carbons (Fsp3) is 0.333. The number of nitrogens with zero attached hydrogens (tertiary/aromatic N) is 7. The number of aryl methyl sites for hydroxylation is 1. The maximum Gasteiger partial charge on any atom is 0.155 e. The van der Waals surface area contributed by atoms with Crippen LogP contribution in [0.3, 0.4) is 0 Å². The molecule has 4 heterocycles. The van der Waals surface area contributed by atoms with Crippen molar-refractivity contribution in [1.29, 1.82) is 5.26 Å². The molecule has 35 heavy (non-hydrogen) atoms. The van der Waals surface area contributed by atoms with Crippen LogP contribution < -0.4 is 4.90 Å². The Morgan fingerprint density at radius 2 is 1.86 bits per heavy atom. The second-order valence-electron chi connectivity index (χ2n) is 9.28. The molecule has 0 bridgehead atoms. The van der Waals surface area contributed by atoms with Crippen LogP contribution in [0.15, 0.2) is 49.1 Å². The first-order chi connectivity index (χ1) is 17.0. The molecule has 1 aliphatic heterocycles. The van der Waals surface area contributed by atoms with E-state index in [1.54, 1.807) is 0 Å². The van der Waals surface area contributed by atoms with E-state index in [4.69, 9.17) is 4.98 Å².